The van der Waals surface area contributed by atoms with Gasteiger partial charge in [-0.3, -0.25) is 4.90 Å². The summed E-state index contributed by atoms with van der Waals surface area (Å²) in [5.74, 6) is 0.718. The Morgan fingerprint density at radius 2 is 2.05 bits per heavy atom. The molecule has 1 N–H and O–H groups in total. The molecular formula is C17H26Cl2N2. The second-order valence-corrected chi connectivity index (χ2v) is 7.87. The summed E-state index contributed by atoms with van der Waals surface area (Å²) in [5, 5.41) is 4.98. The molecule has 2 rings (SSSR count). The highest BCUT2D eigenvalue weighted by Crippen LogP contribution is 2.28. The zero-order valence-electron chi connectivity index (χ0n) is 13.3. The maximum Gasteiger partial charge on any atom is 0.0637 e. The lowest BCUT2D eigenvalue weighted by Gasteiger charge is -2.34. The summed E-state index contributed by atoms with van der Waals surface area (Å²) >= 11 is 12.4. The van der Waals surface area contributed by atoms with Crippen LogP contribution in [0.5, 0.6) is 0 Å². The van der Waals surface area contributed by atoms with E-state index in [1.54, 1.807) is 0 Å². The Labute approximate surface area is 138 Å². The molecule has 1 aromatic carbocycles. The minimum Gasteiger partial charge on any atom is -0.312 e. The Bertz CT molecular complexity index is 468. The first-order chi connectivity index (χ1) is 9.85. The van der Waals surface area contributed by atoms with Crippen molar-refractivity contribution in [2.24, 2.45) is 5.92 Å². The van der Waals surface area contributed by atoms with Crippen LogP contribution < -0.4 is 5.32 Å². The van der Waals surface area contributed by atoms with E-state index in [1.165, 1.54) is 12.8 Å². The van der Waals surface area contributed by atoms with Gasteiger partial charge in [-0.15, -0.1) is 0 Å². The van der Waals surface area contributed by atoms with Gasteiger partial charge in [0.25, 0.3) is 0 Å². The van der Waals surface area contributed by atoms with Crippen molar-refractivity contribution in [3.8, 4) is 0 Å². The average molecular weight is 329 g/mol. The molecule has 0 radical (unpaired) electrons. The van der Waals surface area contributed by atoms with Gasteiger partial charge in [-0.25, -0.2) is 0 Å². The fourth-order valence-electron chi connectivity index (χ4n) is 2.82. The second-order valence-electron chi connectivity index (χ2n) is 7.09. The first-order valence-electron chi connectivity index (χ1n) is 7.75. The third-order valence-corrected chi connectivity index (χ3v) is 4.81. The molecule has 118 valence electrons. The van der Waals surface area contributed by atoms with Gasteiger partial charge in [-0.2, -0.15) is 0 Å². The van der Waals surface area contributed by atoms with Gasteiger partial charge in [0.05, 0.1) is 10.0 Å². The number of nitrogens with one attached hydrogen (secondary N) is 1. The maximum atomic E-state index is 6.30. The van der Waals surface area contributed by atoms with Gasteiger partial charge < -0.3 is 5.32 Å². The minimum absolute atomic E-state index is 0.193. The van der Waals surface area contributed by atoms with Crippen LogP contribution in [0.4, 0.5) is 0 Å². The predicted molar refractivity (Wildman–Crippen MR) is 92.2 cm³/mol. The molecule has 0 aromatic heterocycles. The zero-order chi connectivity index (χ0) is 15.5. The molecule has 0 bridgehead atoms. The Morgan fingerprint density at radius 3 is 2.76 bits per heavy atom. The van der Waals surface area contributed by atoms with Crippen LogP contribution in [0.15, 0.2) is 18.2 Å². The summed E-state index contributed by atoms with van der Waals surface area (Å²) in [7, 11) is 0. The van der Waals surface area contributed by atoms with Crippen LogP contribution in [0.25, 0.3) is 0 Å². The van der Waals surface area contributed by atoms with Crippen LogP contribution in [0.3, 0.4) is 0 Å². The molecule has 1 saturated heterocycles. The summed E-state index contributed by atoms with van der Waals surface area (Å²) in [5.41, 5.74) is 1.33. The number of rotatable bonds is 4. The summed E-state index contributed by atoms with van der Waals surface area (Å²) in [4.78, 5) is 2.50. The molecule has 0 saturated carbocycles. The number of halogens is 2. The molecule has 21 heavy (non-hydrogen) atoms. The van der Waals surface area contributed by atoms with Crippen LogP contribution in [-0.2, 0) is 6.54 Å². The van der Waals surface area contributed by atoms with Crippen molar-refractivity contribution >= 4 is 23.2 Å². The van der Waals surface area contributed by atoms with E-state index >= 15 is 0 Å². The molecule has 1 heterocycles. The zero-order valence-corrected chi connectivity index (χ0v) is 14.8. The van der Waals surface area contributed by atoms with E-state index in [9.17, 15) is 0 Å². The van der Waals surface area contributed by atoms with Crippen molar-refractivity contribution in [1.82, 2.24) is 10.2 Å². The van der Waals surface area contributed by atoms with Crippen molar-refractivity contribution in [1.29, 1.82) is 0 Å². The largest absolute Gasteiger partial charge is 0.312 e. The summed E-state index contributed by atoms with van der Waals surface area (Å²) in [6, 6.07) is 5.90. The number of benzene rings is 1. The van der Waals surface area contributed by atoms with Gasteiger partial charge in [-0.1, -0.05) is 35.3 Å². The lowest BCUT2D eigenvalue weighted by molar-refractivity contribution is 0.160. The van der Waals surface area contributed by atoms with Crippen LogP contribution in [-0.4, -0.2) is 30.1 Å². The monoisotopic (exact) mass is 328 g/mol. The standard InChI is InChI=1S/C17H26Cl2N2/c1-17(2,3)20-10-13-6-5-9-21(11-13)12-14-7-4-8-15(18)16(14)19/h4,7-8,13,20H,5-6,9-12H2,1-3H3. The molecule has 4 heteroatoms. The molecule has 2 nitrogen and oxygen atoms in total. The van der Waals surface area contributed by atoms with Gasteiger partial charge in [-0.05, 0) is 64.3 Å². The minimum atomic E-state index is 0.193. The van der Waals surface area contributed by atoms with Gasteiger partial charge in [0.15, 0.2) is 0 Å². The van der Waals surface area contributed by atoms with Crippen molar-refractivity contribution in [2.75, 3.05) is 19.6 Å². The quantitative estimate of drug-likeness (QED) is 0.869. The molecule has 1 unspecified atom stereocenters. The Morgan fingerprint density at radius 1 is 1.29 bits per heavy atom. The third kappa shape index (κ3) is 5.45. The normalized spacial score (nSPS) is 20.7. The van der Waals surface area contributed by atoms with Crippen molar-refractivity contribution in [3.63, 3.8) is 0 Å². The van der Waals surface area contributed by atoms with E-state index in [2.05, 4.69) is 37.1 Å². The van der Waals surface area contributed by atoms with Crippen molar-refractivity contribution < 1.29 is 0 Å². The van der Waals surface area contributed by atoms with Gasteiger partial charge in [0.1, 0.15) is 0 Å². The van der Waals surface area contributed by atoms with E-state index in [1.807, 2.05) is 12.1 Å². The number of hydrogen-bond acceptors (Lipinski definition) is 2. The van der Waals surface area contributed by atoms with Crippen molar-refractivity contribution in [2.45, 2.75) is 45.7 Å². The third-order valence-electron chi connectivity index (χ3n) is 3.95. The van der Waals surface area contributed by atoms with E-state index in [0.717, 1.165) is 37.7 Å². The first-order valence-corrected chi connectivity index (χ1v) is 8.51. The Kier molecular flexibility index (Phi) is 5.96. The summed E-state index contributed by atoms with van der Waals surface area (Å²) < 4.78 is 0. The molecule has 1 aliphatic heterocycles. The van der Waals surface area contributed by atoms with Crippen LogP contribution in [0.1, 0.15) is 39.2 Å². The molecular weight excluding hydrogens is 303 g/mol. The molecule has 1 aliphatic rings. The second kappa shape index (κ2) is 7.32. The number of nitrogens with zero attached hydrogens (tertiary/aromatic N) is 1. The van der Waals surface area contributed by atoms with Crippen LogP contribution >= 0.6 is 23.2 Å². The topological polar surface area (TPSA) is 15.3 Å². The van der Waals surface area contributed by atoms with Crippen LogP contribution in [0, 0.1) is 5.92 Å². The highest BCUT2D eigenvalue weighted by Gasteiger charge is 2.22. The maximum absolute atomic E-state index is 6.30. The number of hydrogen-bond donors (Lipinski definition) is 1. The Balaban J connectivity index is 1.91. The van der Waals surface area contributed by atoms with Crippen LogP contribution in [0.2, 0.25) is 10.0 Å². The van der Waals surface area contributed by atoms with E-state index < -0.39 is 0 Å². The number of likely N-dealkylation sites (tertiary alicyclic amines) is 1. The van der Waals surface area contributed by atoms with E-state index in [4.69, 9.17) is 23.2 Å². The van der Waals surface area contributed by atoms with E-state index in [0.29, 0.717) is 10.0 Å². The molecule has 1 atom stereocenters. The van der Waals surface area contributed by atoms with Gasteiger partial charge in [0.2, 0.25) is 0 Å². The average Bonchev–Trinajstić information content (AvgIpc) is 2.41. The molecule has 0 amide bonds. The highest BCUT2D eigenvalue weighted by molar-refractivity contribution is 6.42. The predicted octanol–water partition coefficient (Wildman–Crippen LogP) is 4.59. The fourth-order valence-corrected chi connectivity index (χ4v) is 3.20. The first kappa shape index (κ1) is 17.1. The van der Waals surface area contributed by atoms with E-state index in [-0.39, 0.29) is 5.54 Å². The molecule has 0 aliphatic carbocycles. The summed E-state index contributed by atoms with van der Waals surface area (Å²) in [6.07, 6.45) is 2.57. The fraction of sp³-hybridized carbons (Fsp3) is 0.647. The molecule has 0 spiro atoms. The smallest absolute Gasteiger partial charge is 0.0637 e. The van der Waals surface area contributed by atoms with Crippen molar-refractivity contribution in [3.05, 3.63) is 33.8 Å². The molecule has 1 fully saturated rings. The molecule has 1 aromatic rings. The lowest BCUT2D eigenvalue weighted by Crippen LogP contribution is -2.44. The Hall–Kier alpha value is -0.280. The van der Waals surface area contributed by atoms with Gasteiger partial charge in [0, 0.05) is 18.6 Å². The SMILES string of the molecule is CC(C)(C)NCC1CCCN(Cc2cccc(Cl)c2Cl)C1. The lowest BCUT2D eigenvalue weighted by atomic mass is 9.96. The number of piperidine rings is 1. The van der Waals surface area contributed by atoms with Gasteiger partial charge >= 0.3 is 0 Å². The highest BCUT2D eigenvalue weighted by atomic mass is 35.5. The summed E-state index contributed by atoms with van der Waals surface area (Å²) in [6.45, 7) is 10.9.